The van der Waals surface area contributed by atoms with Crippen molar-refractivity contribution in [1.82, 2.24) is 0 Å². The van der Waals surface area contributed by atoms with E-state index >= 15 is 0 Å². The predicted octanol–water partition coefficient (Wildman–Crippen LogP) is -7.97. The summed E-state index contributed by atoms with van der Waals surface area (Å²) in [4.78, 5) is 0. The van der Waals surface area contributed by atoms with Gasteiger partial charge in [0, 0.05) is 45.8 Å². The summed E-state index contributed by atoms with van der Waals surface area (Å²) in [5, 5.41) is 116. The summed E-state index contributed by atoms with van der Waals surface area (Å²) in [5.41, 5.74) is 0. The number of hydrogen-bond donors (Lipinski definition) is 11. The van der Waals surface area contributed by atoms with Crippen LogP contribution in [0.4, 0.5) is 0 Å². The summed E-state index contributed by atoms with van der Waals surface area (Å²) in [6, 6.07) is 0. The van der Waals surface area contributed by atoms with E-state index in [9.17, 15) is 56.2 Å². The first-order valence-corrected chi connectivity index (χ1v) is 18.3. The molecule has 0 radical (unpaired) electrons. The summed E-state index contributed by atoms with van der Waals surface area (Å²) in [5.74, 6) is -1.10. The van der Waals surface area contributed by atoms with Gasteiger partial charge < -0.3 is 126 Å². The number of ether oxygens (including phenoxy) is 9. The standard InChI is InChI=1S/C33H58O20.5H2O.5H2/c1-3-22-14(35)6-20(41)31(50-22)46-10-26-18(39)8-21(42)32(52-26)47-12-27-28(43)13(4-23-15(36)5-16(37)24(9-34)49-23)29(44)33(53-27)48-11-25-17(38)7-19(40)30(45-2)51-25;;;;;;;;;;/h13-44H,3-12H2,1-2H3;5*1H2;5*1H. The van der Waals surface area contributed by atoms with Gasteiger partial charge in [0.1, 0.15) is 48.8 Å². The Hall–Kier alpha value is -1.00. The lowest BCUT2D eigenvalue weighted by Crippen LogP contribution is -2.60. The van der Waals surface area contributed by atoms with Gasteiger partial charge in [-0.1, -0.05) is 6.92 Å². The molecule has 0 aromatic carbocycles. The van der Waals surface area contributed by atoms with Gasteiger partial charge in [-0.05, 0) is 12.8 Å². The summed E-state index contributed by atoms with van der Waals surface area (Å²) >= 11 is 0. The monoisotopic (exact) mass is 874 g/mol. The van der Waals surface area contributed by atoms with E-state index in [0.717, 1.165) is 0 Å². The maximum atomic E-state index is 11.5. The molecular weight excluding hydrogens is 796 g/mol. The van der Waals surface area contributed by atoms with Crippen LogP contribution in [0.15, 0.2) is 0 Å². The fourth-order valence-corrected chi connectivity index (χ4v) is 7.51. The minimum atomic E-state index is -1.54. The van der Waals surface area contributed by atoms with E-state index in [-0.39, 0.29) is 79.8 Å². The molecule has 0 amide bonds. The molecule has 0 saturated carbocycles. The Bertz CT molecular complexity index is 1130. The fourth-order valence-electron chi connectivity index (χ4n) is 7.51. The molecular formula is C33H78O25. The van der Waals surface area contributed by atoms with Gasteiger partial charge in [0.25, 0.3) is 0 Å². The van der Waals surface area contributed by atoms with E-state index in [1.165, 1.54) is 7.11 Å². The molecule has 0 spiro atoms. The van der Waals surface area contributed by atoms with Gasteiger partial charge in [0.15, 0.2) is 25.2 Å². The van der Waals surface area contributed by atoms with Crippen LogP contribution in [0.5, 0.6) is 0 Å². The Balaban J connectivity index is -0.000000812. The number of methoxy groups -OCH3 is 1. The molecule has 0 aromatic heterocycles. The van der Waals surface area contributed by atoms with Crippen LogP contribution in [0.2, 0.25) is 0 Å². The molecule has 21 atom stereocenters. The smallest absolute Gasteiger partial charge is 0.184 e. The highest BCUT2D eigenvalue weighted by Gasteiger charge is 2.50. The van der Waals surface area contributed by atoms with Crippen LogP contribution in [0.3, 0.4) is 0 Å². The first-order chi connectivity index (χ1) is 25.2. The van der Waals surface area contributed by atoms with Crippen LogP contribution in [0, 0.1) is 5.92 Å². The van der Waals surface area contributed by atoms with Crippen LogP contribution in [-0.4, -0.2) is 240 Å². The van der Waals surface area contributed by atoms with Gasteiger partial charge in [0.05, 0.1) is 75.3 Å². The van der Waals surface area contributed by atoms with E-state index in [4.69, 9.17) is 42.6 Å². The molecule has 21 N–H and O–H groups in total. The highest BCUT2D eigenvalue weighted by atomic mass is 16.7. The second-order valence-corrected chi connectivity index (χ2v) is 14.6. The molecule has 5 saturated heterocycles. The quantitative estimate of drug-likeness (QED) is 0.0772. The Morgan fingerprint density at radius 2 is 0.828 bits per heavy atom. The number of hydrogen-bond acceptors (Lipinski definition) is 20. The molecule has 21 unspecified atom stereocenters. The lowest BCUT2D eigenvalue weighted by molar-refractivity contribution is -0.331. The molecule has 5 aliphatic heterocycles. The topological polar surface area (TPSA) is 463 Å². The van der Waals surface area contributed by atoms with Crippen LogP contribution >= 0.6 is 0 Å². The molecule has 25 heteroatoms. The van der Waals surface area contributed by atoms with Crippen molar-refractivity contribution in [2.75, 3.05) is 33.5 Å². The zero-order valence-corrected chi connectivity index (χ0v) is 32.3. The zero-order valence-electron chi connectivity index (χ0n) is 32.3. The van der Waals surface area contributed by atoms with Crippen molar-refractivity contribution < 1.29 is 133 Å². The van der Waals surface area contributed by atoms with Crippen molar-refractivity contribution in [3.05, 3.63) is 0 Å². The van der Waals surface area contributed by atoms with Crippen molar-refractivity contribution in [1.29, 1.82) is 0 Å². The molecule has 5 aliphatic rings. The third-order valence-corrected chi connectivity index (χ3v) is 10.7. The minimum Gasteiger partial charge on any atom is -0.412 e. The average molecular weight is 875 g/mol. The van der Waals surface area contributed by atoms with Crippen LogP contribution in [0.1, 0.15) is 52.6 Å². The SMILES string of the molecule is CCC1OC(OCC2OC(OCC3OC(OCC4OC(OC)C(O)CC4O)C(O)C(CC4OC(CO)C(O)CC4O)C3O)C(O)CC2O)C(O)CC1O.O.O.O.O.O.[HH].[HH].[HH].[HH].[HH]. The molecule has 360 valence electrons. The highest BCUT2D eigenvalue weighted by Crippen LogP contribution is 2.36. The van der Waals surface area contributed by atoms with Gasteiger partial charge in [-0.25, -0.2) is 0 Å². The third-order valence-electron chi connectivity index (χ3n) is 10.7. The Labute approximate surface area is 341 Å². The second kappa shape index (κ2) is 25.8. The Morgan fingerprint density at radius 1 is 0.448 bits per heavy atom. The van der Waals surface area contributed by atoms with Crippen molar-refractivity contribution in [2.24, 2.45) is 5.92 Å². The summed E-state index contributed by atoms with van der Waals surface area (Å²) in [6.07, 6.45) is -23.0. The normalized spacial score (nSPS) is 45.6. The van der Waals surface area contributed by atoms with Crippen molar-refractivity contribution in [3.8, 4) is 0 Å². The molecule has 5 fully saturated rings. The van der Waals surface area contributed by atoms with Gasteiger partial charge in [-0.15, -0.1) is 0 Å². The van der Waals surface area contributed by atoms with Crippen LogP contribution < -0.4 is 0 Å². The summed E-state index contributed by atoms with van der Waals surface area (Å²) in [7, 11) is 1.32. The maximum Gasteiger partial charge on any atom is 0.184 e. The molecule has 5 rings (SSSR count). The predicted molar refractivity (Wildman–Crippen MR) is 201 cm³/mol. The van der Waals surface area contributed by atoms with E-state index in [0.29, 0.717) is 6.42 Å². The molecule has 25 nitrogen and oxygen atoms in total. The van der Waals surface area contributed by atoms with Crippen molar-refractivity contribution in [3.63, 3.8) is 0 Å². The first-order valence-electron chi connectivity index (χ1n) is 18.3. The molecule has 5 heterocycles. The highest BCUT2D eigenvalue weighted by molar-refractivity contribution is 4.95. The number of aliphatic hydroxyl groups is 11. The fraction of sp³-hybridized carbons (Fsp3) is 1.00. The molecule has 58 heavy (non-hydrogen) atoms. The van der Waals surface area contributed by atoms with Gasteiger partial charge >= 0.3 is 0 Å². The molecule has 0 aromatic rings. The largest absolute Gasteiger partial charge is 0.412 e. The molecule has 0 bridgehead atoms. The minimum absolute atomic E-state index is 0. The maximum absolute atomic E-state index is 11.5. The lowest BCUT2D eigenvalue weighted by atomic mass is 9.82. The van der Waals surface area contributed by atoms with Crippen molar-refractivity contribution >= 4 is 0 Å². The van der Waals surface area contributed by atoms with E-state index < -0.39 is 142 Å². The lowest BCUT2D eigenvalue weighted by Gasteiger charge is -2.46. The third kappa shape index (κ3) is 13.8. The number of rotatable bonds is 14. The average Bonchev–Trinajstić information content (AvgIpc) is 3.11. The van der Waals surface area contributed by atoms with E-state index in [2.05, 4.69) is 0 Å². The summed E-state index contributed by atoms with van der Waals surface area (Å²) < 4.78 is 51.3. The second-order valence-electron chi connectivity index (χ2n) is 14.6. The number of aliphatic hydroxyl groups excluding tert-OH is 11. The first kappa shape index (κ1) is 57.0. The van der Waals surface area contributed by atoms with Gasteiger partial charge in [-0.2, -0.15) is 0 Å². The van der Waals surface area contributed by atoms with Crippen LogP contribution in [0.25, 0.3) is 0 Å². The van der Waals surface area contributed by atoms with Gasteiger partial charge in [0.2, 0.25) is 0 Å². The Morgan fingerprint density at radius 3 is 1.33 bits per heavy atom. The Kier molecular flexibility index (Phi) is 25.4. The van der Waals surface area contributed by atoms with Gasteiger partial charge in [-0.3, -0.25) is 0 Å². The van der Waals surface area contributed by atoms with E-state index in [1.807, 2.05) is 6.92 Å². The van der Waals surface area contributed by atoms with Crippen molar-refractivity contribution in [2.45, 2.75) is 168 Å². The van der Waals surface area contributed by atoms with E-state index in [1.54, 1.807) is 0 Å². The molecule has 0 aliphatic carbocycles. The zero-order chi connectivity index (χ0) is 38.6. The van der Waals surface area contributed by atoms with Crippen LogP contribution in [-0.2, 0) is 42.6 Å². The summed E-state index contributed by atoms with van der Waals surface area (Å²) in [6.45, 7) is 0.233.